The van der Waals surface area contributed by atoms with Gasteiger partial charge in [-0.15, -0.1) is 0 Å². The van der Waals surface area contributed by atoms with Crippen molar-refractivity contribution >= 4 is 18.0 Å². The molecule has 0 saturated heterocycles. The molecule has 8 nitrogen and oxygen atoms in total. The topological polar surface area (TPSA) is 116 Å². The standard InChI is InChI=1S/C9H16N2O6/c1-5(12)7(8(14)15)10-9(16)11(2)4-6(13)17-3/h5,7,12H,4H2,1-3H3,(H,10,16)(H,14,15)/t5-,7+/m1/s1. The number of amides is 2. The molecule has 8 heteroatoms. The lowest BCUT2D eigenvalue weighted by molar-refractivity contribution is -0.141. The number of aliphatic hydroxyl groups excluding tert-OH is 1. The number of methoxy groups -OCH3 is 1. The molecule has 0 fully saturated rings. The molecular formula is C9H16N2O6. The zero-order chi connectivity index (χ0) is 13.6. The summed E-state index contributed by atoms with van der Waals surface area (Å²) in [6.45, 7) is 0.924. The highest BCUT2D eigenvalue weighted by Crippen LogP contribution is 1.95. The summed E-state index contributed by atoms with van der Waals surface area (Å²) in [4.78, 5) is 34.0. The third-order valence-electron chi connectivity index (χ3n) is 1.97. The van der Waals surface area contributed by atoms with Gasteiger partial charge in [-0.3, -0.25) is 4.79 Å². The van der Waals surface area contributed by atoms with E-state index in [1.807, 2.05) is 0 Å². The zero-order valence-corrected chi connectivity index (χ0v) is 9.84. The number of carboxylic acids is 1. The molecule has 17 heavy (non-hydrogen) atoms. The Bertz CT molecular complexity index is 304. The van der Waals surface area contributed by atoms with Crippen LogP contribution >= 0.6 is 0 Å². The van der Waals surface area contributed by atoms with Gasteiger partial charge in [-0.05, 0) is 6.92 Å². The Balaban J connectivity index is 4.41. The average Bonchev–Trinajstić information content (AvgIpc) is 2.23. The first-order chi connectivity index (χ1) is 7.79. The van der Waals surface area contributed by atoms with E-state index in [1.165, 1.54) is 21.1 Å². The number of aliphatic carboxylic acids is 1. The molecule has 0 aliphatic carbocycles. The van der Waals surface area contributed by atoms with Crippen LogP contribution in [0.3, 0.4) is 0 Å². The number of rotatable bonds is 5. The van der Waals surface area contributed by atoms with Gasteiger partial charge in [0.1, 0.15) is 6.54 Å². The molecule has 0 aliphatic heterocycles. The number of hydrogen-bond acceptors (Lipinski definition) is 5. The van der Waals surface area contributed by atoms with E-state index in [0.717, 1.165) is 4.90 Å². The van der Waals surface area contributed by atoms with Crippen molar-refractivity contribution in [2.45, 2.75) is 19.1 Å². The molecule has 0 aromatic heterocycles. The van der Waals surface area contributed by atoms with Gasteiger partial charge in [-0.1, -0.05) is 0 Å². The summed E-state index contributed by atoms with van der Waals surface area (Å²) >= 11 is 0. The maximum absolute atomic E-state index is 11.4. The molecule has 98 valence electrons. The van der Waals surface area contributed by atoms with Crippen LogP contribution in [0.25, 0.3) is 0 Å². The first-order valence-electron chi connectivity index (χ1n) is 4.79. The van der Waals surface area contributed by atoms with E-state index in [1.54, 1.807) is 0 Å². The Hall–Kier alpha value is -1.83. The normalized spacial score (nSPS) is 13.4. The van der Waals surface area contributed by atoms with Gasteiger partial charge in [0.25, 0.3) is 0 Å². The molecule has 0 aromatic rings. The molecule has 0 heterocycles. The molecule has 3 N–H and O–H groups in total. The van der Waals surface area contributed by atoms with Gasteiger partial charge in [0, 0.05) is 7.05 Å². The molecule has 2 atom stereocenters. The van der Waals surface area contributed by atoms with Gasteiger partial charge >= 0.3 is 18.0 Å². The number of carboxylic acid groups (broad SMARTS) is 1. The summed E-state index contributed by atoms with van der Waals surface area (Å²) < 4.78 is 4.34. The third kappa shape index (κ3) is 5.16. The lowest BCUT2D eigenvalue weighted by atomic mass is 10.2. The smallest absolute Gasteiger partial charge is 0.328 e. The first kappa shape index (κ1) is 15.2. The van der Waals surface area contributed by atoms with Gasteiger partial charge in [-0.2, -0.15) is 0 Å². The predicted octanol–water partition coefficient (Wildman–Crippen LogP) is -1.37. The number of carbonyl (C=O) groups is 3. The Labute approximate surface area is 98.2 Å². The third-order valence-corrected chi connectivity index (χ3v) is 1.97. The minimum atomic E-state index is -1.43. The number of urea groups is 1. The average molecular weight is 248 g/mol. The number of aliphatic hydroxyl groups is 1. The molecule has 0 rings (SSSR count). The van der Waals surface area contributed by atoms with E-state index in [9.17, 15) is 14.4 Å². The van der Waals surface area contributed by atoms with Crippen LogP contribution in [0.4, 0.5) is 4.79 Å². The second-order valence-electron chi connectivity index (χ2n) is 3.44. The van der Waals surface area contributed by atoms with Crippen molar-refractivity contribution in [3.63, 3.8) is 0 Å². The first-order valence-corrected chi connectivity index (χ1v) is 4.79. The minimum Gasteiger partial charge on any atom is -0.480 e. The maximum Gasteiger partial charge on any atom is 0.328 e. The van der Waals surface area contributed by atoms with E-state index in [0.29, 0.717) is 0 Å². The number of likely N-dealkylation sites (N-methyl/N-ethyl adjacent to an activating group) is 1. The van der Waals surface area contributed by atoms with Gasteiger partial charge < -0.3 is 25.2 Å². The quantitative estimate of drug-likeness (QED) is 0.517. The Morgan fingerprint density at radius 2 is 1.94 bits per heavy atom. The number of nitrogens with zero attached hydrogens (tertiary/aromatic N) is 1. The molecule has 0 unspecified atom stereocenters. The summed E-state index contributed by atoms with van der Waals surface area (Å²) in [5, 5.41) is 19.9. The number of esters is 1. The molecule has 2 amide bonds. The van der Waals surface area contributed by atoms with Crippen molar-refractivity contribution in [3.8, 4) is 0 Å². The van der Waals surface area contributed by atoms with Gasteiger partial charge in [0.2, 0.25) is 0 Å². The summed E-state index contributed by atoms with van der Waals surface area (Å²) in [6.07, 6.45) is -1.25. The van der Waals surface area contributed by atoms with Crippen LogP contribution in [0.15, 0.2) is 0 Å². The van der Waals surface area contributed by atoms with Crippen molar-refractivity contribution in [1.29, 1.82) is 0 Å². The highest BCUT2D eigenvalue weighted by molar-refractivity contribution is 5.85. The van der Waals surface area contributed by atoms with Crippen LogP contribution in [-0.4, -0.2) is 65.9 Å². The van der Waals surface area contributed by atoms with E-state index in [2.05, 4.69) is 10.1 Å². The fraction of sp³-hybridized carbons (Fsp3) is 0.667. The van der Waals surface area contributed by atoms with Crippen molar-refractivity contribution in [1.82, 2.24) is 10.2 Å². The Kier molecular flexibility index (Phi) is 5.97. The van der Waals surface area contributed by atoms with Crippen molar-refractivity contribution in [2.24, 2.45) is 0 Å². The van der Waals surface area contributed by atoms with E-state index in [-0.39, 0.29) is 6.54 Å². The fourth-order valence-electron chi connectivity index (χ4n) is 0.962. The van der Waals surface area contributed by atoms with Crippen molar-refractivity contribution in [2.75, 3.05) is 20.7 Å². The lowest BCUT2D eigenvalue weighted by Gasteiger charge is -2.21. The predicted molar refractivity (Wildman–Crippen MR) is 56.3 cm³/mol. The van der Waals surface area contributed by atoms with E-state index < -0.39 is 30.1 Å². The summed E-state index contributed by atoms with van der Waals surface area (Å²) in [5.41, 5.74) is 0. The van der Waals surface area contributed by atoms with Gasteiger partial charge in [-0.25, -0.2) is 9.59 Å². The zero-order valence-electron chi connectivity index (χ0n) is 9.84. The Morgan fingerprint density at radius 1 is 1.41 bits per heavy atom. The fourth-order valence-corrected chi connectivity index (χ4v) is 0.962. The highest BCUT2D eigenvalue weighted by atomic mass is 16.5. The highest BCUT2D eigenvalue weighted by Gasteiger charge is 2.26. The number of ether oxygens (including phenoxy) is 1. The van der Waals surface area contributed by atoms with E-state index in [4.69, 9.17) is 10.2 Å². The second-order valence-corrected chi connectivity index (χ2v) is 3.44. The van der Waals surface area contributed by atoms with Gasteiger partial charge in [0.05, 0.1) is 13.2 Å². The molecule has 0 bridgehead atoms. The summed E-state index contributed by atoms with van der Waals surface area (Å²) in [6, 6.07) is -2.22. The Morgan fingerprint density at radius 3 is 2.29 bits per heavy atom. The van der Waals surface area contributed by atoms with Crippen LogP contribution in [0.1, 0.15) is 6.92 Å². The van der Waals surface area contributed by atoms with Gasteiger partial charge in [0.15, 0.2) is 6.04 Å². The summed E-state index contributed by atoms with van der Waals surface area (Å²) in [5.74, 6) is -1.99. The lowest BCUT2D eigenvalue weighted by Crippen LogP contribution is -2.52. The van der Waals surface area contributed by atoms with Crippen LogP contribution in [0.5, 0.6) is 0 Å². The van der Waals surface area contributed by atoms with Crippen LogP contribution in [0.2, 0.25) is 0 Å². The SMILES string of the molecule is COC(=O)CN(C)C(=O)N[C@H](C(=O)O)[C@@H](C)O. The number of hydrogen-bond donors (Lipinski definition) is 3. The van der Waals surface area contributed by atoms with Crippen LogP contribution in [0, 0.1) is 0 Å². The molecule has 0 saturated carbocycles. The molecule has 0 aromatic carbocycles. The largest absolute Gasteiger partial charge is 0.480 e. The number of carbonyl (C=O) groups excluding carboxylic acids is 2. The van der Waals surface area contributed by atoms with Crippen LogP contribution < -0.4 is 5.32 Å². The second kappa shape index (κ2) is 6.69. The minimum absolute atomic E-state index is 0.311. The molecule has 0 aliphatic rings. The van der Waals surface area contributed by atoms with Crippen LogP contribution in [-0.2, 0) is 14.3 Å². The van der Waals surface area contributed by atoms with Crippen molar-refractivity contribution in [3.05, 3.63) is 0 Å². The van der Waals surface area contributed by atoms with E-state index >= 15 is 0 Å². The van der Waals surface area contributed by atoms with Crippen molar-refractivity contribution < 1.29 is 29.3 Å². The number of nitrogens with one attached hydrogen (secondary N) is 1. The molecule has 0 spiro atoms. The molecular weight excluding hydrogens is 232 g/mol. The molecule has 0 radical (unpaired) electrons. The maximum atomic E-state index is 11.4. The summed E-state index contributed by atoms with van der Waals surface area (Å²) in [7, 11) is 2.47. The monoisotopic (exact) mass is 248 g/mol.